The molecule has 2 heterocycles. The fraction of sp³-hybridized carbons (Fsp3) is 0.902. The highest BCUT2D eigenvalue weighted by atomic mass is 16.8. The van der Waals surface area contributed by atoms with Gasteiger partial charge in [-0.3, -0.25) is 4.79 Å². The average molecular weight is 781 g/mol. The second-order valence-corrected chi connectivity index (χ2v) is 19.6. The highest BCUT2D eigenvalue weighted by Crippen LogP contribution is 2.77. The summed E-state index contributed by atoms with van der Waals surface area (Å²) in [5.74, 6) is -1.42. The number of aliphatic hydroxyl groups excluding tert-OH is 6. The third-order valence-corrected chi connectivity index (χ3v) is 17.4. The summed E-state index contributed by atoms with van der Waals surface area (Å²) in [5, 5.41) is 84.7. The Morgan fingerprint density at radius 1 is 0.764 bits per heavy atom. The first kappa shape index (κ1) is 41.4. The first-order valence-corrected chi connectivity index (χ1v) is 20.4. The number of hydrogen-bond donors (Lipinski definition) is 8. The maximum absolute atomic E-state index is 13.1. The lowest BCUT2D eigenvalue weighted by molar-refractivity contribution is -0.368. The molecular weight excluding hydrogens is 716 g/mol. The molecule has 20 atom stereocenters. The van der Waals surface area contributed by atoms with Crippen LogP contribution in [0.15, 0.2) is 12.2 Å². The zero-order chi connectivity index (χ0) is 40.2. The molecule has 2 saturated heterocycles. The van der Waals surface area contributed by atoms with E-state index in [1.54, 1.807) is 0 Å². The minimum atomic E-state index is -1.93. The van der Waals surface area contributed by atoms with Gasteiger partial charge in [0.15, 0.2) is 18.7 Å². The van der Waals surface area contributed by atoms with Crippen molar-refractivity contribution in [2.24, 2.45) is 56.7 Å². The smallest absolute Gasteiger partial charge is 0.335 e. The van der Waals surface area contributed by atoms with Crippen molar-refractivity contribution in [1.82, 2.24) is 0 Å². The number of carboxylic acids is 2. The molecule has 312 valence electrons. The van der Waals surface area contributed by atoms with E-state index in [-0.39, 0.29) is 59.0 Å². The lowest BCUT2D eigenvalue weighted by Crippen LogP contribution is -2.68. The first-order valence-electron chi connectivity index (χ1n) is 20.4. The van der Waals surface area contributed by atoms with Gasteiger partial charge in [-0.25, -0.2) is 4.79 Å². The lowest BCUT2D eigenvalue weighted by atomic mass is 9.32. The summed E-state index contributed by atoms with van der Waals surface area (Å²) >= 11 is 0. The van der Waals surface area contributed by atoms with E-state index in [0.717, 1.165) is 50.5 Å². The van der Waals surface area contributed by atoms with Crippen molar-refractivity contribution >= 4 is 11.9 Å². The molecule has 7 aliphatic rings. The van der Waals surface area contributed by atoms with Crippen LogP contribution in [-0.4, -0.2) is 127 Å². The summed E-state index contributed by atoms with van der Waals surface area (Å²) in [7, 11) is 0. The molecule has 0 spiro atoms. The van der Waals surface area contributed by atoms with Crippen molar-refractivity contribution in [1.29, 1.82) is 0 Å². The Hall–Kier alpha value is -1.72. The predicted octanol–water partition coefficient (Wildman–Crippen LogP) is 2.44. The van der Waals surface area contributed by atoms with Crippen molar-refractivity contribution < 1.29 is 69.4 Å². The maximum Gasteiger partial charge on any atom is 0.335 e. The fourth-order valence-electron chi connectivity index (χ4n) is 14.3. The van der Waals surface area contributed by atoms with Crippen LogP contribution in [0.2, 0.25) is 0 Å². The third-order valence-electron chi connectivity index (χ3n) is 17.4. The van der Waals surface area contributed by atoms with Gasteiger partial charge in [0, 0.05) is 5.41 Å². The number of allylic oxidation sites excluding steroid dienone is 1. The van der Waals surface area contributed by atoms with Gasteiger partial charge in [-0.1, -0.05) is 39.8 Å². The SMILES string of the molecule is C=C(C)[C@@H]1CC[C@]2(C(=O)O)CC[C@]3(C)[C@H](CC[C@@H]4[C@@]5(C)CC[C@H](O[C@@H]6O[C@H](C(=O)O)[C@@H](O)[C@H](O)[C@H]6O[C@@H]6OC[C@@H](O)[C@H](O)[C@H]6O)[C@@](C)(CO)[C@@H]5CC[C@]43C)[C@@H]12. The third kappa shape index (κ3) is 5.93. The van der Waals surface area contributed by atoms with Crippen LogP contribution in [0.25, 0.3) is 0 Å². The summed E-state index contributed by atoms with van der Waals surface area (Å²) in [5.41, 5.74) is -0.866. The number of ether oxygens (including phenoxy) is 4. The van der Waals surface area contributed by atoms with Crippen LogP contribution < -0.4 is 0 Å². The van der Waals surface area contributed by atoms with Gasteiger partial charge in [0.25, 0.3) is 0 Å². The van der Waals surface area contributed by atoms with E-state index < -0.39 is 84.2 Å². The highest BCUT2D eigenvalue weighted by Gasteiger charge is 2.72. The van der Waals surface area contributed by atoms with Crippen LogP contribution in [0.3, 0.4) is 0 Å². The van der Waals surface area contributed by atoms with Crippen LogP contribution in [0.5, 0.6) is 0 Å². The fourth-order valence-corrected chi connectivity index (χ4v) is 14.3. The molecule has 0 bridgehead atoms. The summed E-state index contributed by atoms with van der Waals surface area (Å²) < 4.78 is 23.7. The van der Waals surface area contributed by atoms with Crippen molar-refractivity contribution in [3.8, 4) is 0 Å². The number of aliphatic carboxylic acids is 2. The Morgan fingerprint density at radius 2 is 1.47 bits per heavy atom. The molecule has 5 aliphatic carbocycles. The molecule has 55 heavy (non-hydrogen) atoms. The monoisotopic (exact) mass is 780 g/mol. The summed E-state index contributed by atoms with van der Waals surface area (Å²) in [6.07, 6.45) is -7.96. The molecule has 7 rings (SSSR count). The van der Waals surface area contributed by atoms with Gasteiger partial charge in [-0.2, -0.15) is 0 Å². The number of hydrogen-bond acceptors (Lipinski definition) is 12. The van der Waals surface area contributed by atoms with E-state index in [0.29, 0.717) is 19.3 Å². The van der Waals surface area contributed by atoms with Gasteiger partial charge >= 0.3 is 11.9 Å². The Morgan fingerprint density at radius 3 is 2.11 bits per heavy atom. The molecule has 7 fully saturated rings. The molecule has 5 saturated carbocycles. The Labute approximate surface area is 323 Å². The maximum atomic E-state index is 13.1. The second kappa shape index (κ2) is 14.2. The van der Waals surface area contributed by atoms with Crippen LogP contribution in [0.1, 0.15) is 98.8 Å². The number of carboxylic acid groups (broad SMARTS) is 2. The largest absolute Gasteiger partial charge is 0.481 e. The normalized spacial score (nSPS) is 55.0. The molecule has 2 aliphatic heterocycles. The average Bonchev–Trinajstić information content (AvgIpc) is 3.54. The molecule has 0 aromatic carbocycles. The first-order chi connectivity index (χ1) is 25.7. The molecule has 0 unspecified atom stereocenters. The van der Waals surface area contributed by atoms with Crippen molar-refractivity contribution in [2.45, 2.75) is 160 Å². The van der Waals surface area contributed by atoms with Crippen molar-refractivity contribution in [3.63, 3.8) is 0 Å². The standard InChI is InChI=1S/C41H64O14/c1-19(2)20-9-14-41(36(50)51)16-15-39(5)21(26(20)41)7-8-24-37(3)12-11-25(38(4,18-42)23(37)10-13-40(24,39)6)53-35-32(29(46)28(45)31(54-35)33(48)49)55-34-30(47)27(44)22(43)17-52-34/h20-32,34-35,42-47H,1,7-18H2,2-6H3,(H,48,49)(H,50,51)/t20-,21+,22+,23+,24+,25-,26+,27-,28-,29-,30+,31-,32+,34-,35+,37-,38-,39+,40+,41-/m0/s1. The Balaban J connectivity index is 1.16. The van der Waals surface area contributed by atoms with Gasteiger partial charge in [0.2, 0.25) is 0 Å². The molecular formula is C41H64O14. The van der Waals surface area contributed by atoms with E-state index in [1.807, 2.05) is 6.92 Å². The molecule has 8 N–H and O–H groups in total. The minimum Gasteiger partial charge on any atom is -0.481 e. The minimum absolute atomic E-state index is 0.0211. The Bertz CT molecular complexity index is 1510. The van der Waals surface area contributed by atoms with Gasteiger partial charge in [-0.05, 0) is 117 Å². The zero-order valence-corrected chi connectivity index (χ0v) is 32.9. The summed E-state index contributed by atoms with van der Waals surface area (Å²) in [4.78, 5) is 25.2. The second-order valence-electron chi connectivity index (χ2n) is 19.6. The van der Waals surface area contributed by atoms with E-state index in [1.165, 1.54) is 0 Å². The summed E-state index contributed by atoms with van der Waals surface area (Å²) in [6.45, 7) is 15.0. The Kier molecular flexibility index (Phi) is 10.7. The van der Waals surface area contributed by atoms with Gasteiger partial charge < -0.3 is 59.8 Å². The topological polar surface area (TPSA) is 233 Å². The lowest BCUT2D eigenvalue weighted by Gasteiger charge is -2.73. The van der Waals surface area contributed by atoms with Crippen molar-refractivity contribution in [3.05, 3.63) is 12.2 Å². The van der Waals surface area contributed by atoms with E-state index in [9.17, 15) is 50.4 Å². The van der Waals surface area contributed by atoms with Crippen LogP contribution >= 0.6 is 0 Å². The van der Waals surface area contributed by atoms with Crippen LogP contribution in [0.4, 0.5) is 0 Å². The van der Waals surface area contributed by atoms with E-state index in [2.05, 4.69) is 34.3 Å². The zero-order valence-electron chi connectivity index (χ0n) is 32.9. The molecule has 0 aromatic heterocycles. The number of fused-ring (bicyclic) bond motifs is 7. The molecule has 14 nitrogen and oxygen atoms in total. The predicted molar refractivity (Wildman–Crippen MR) is 194 cm³/mol. The number of rotatable bonds is 8. The molecule has 0 amide bonds. The van der Waals surface area contributed by atoms with E-state index in [4.69, 9.17) is 18.9 Å². The summed E-state index contributed by atoms with van der Waals surface area (Å²) in [6, 6.07) is 0. The highest BCUT2D eigenvalue weighted by molar-refractivity contribution is 5.76. The quantitative estimate of drug-likeness (QED) is 0.131. The molecule has 0 radical (unpaired) electrons. The molecule has 0 aromatic rings. The van der Waals surface area contributed by atoms with Crippen LogP contribution in [0, 0.1) is 56.7 Å². The van der Waals surface area contributed by atoms with E-state index >= 15 is 0 Å². The van der Waals surface area contributed by atoms with Gasteiger partial charge in [0.05, 0.1) is 24.7 Å². The number of carbonyl (C=O) groups is 2. The van der Waals surface area contributed by atoms with Crippen molar-refractivity contribution in [2.75, 3.05) is 13.2 Å². The van der Waals surface area contributed by atoms with Gasteiger partial charge in [-0.15, -0.1) is 0 Å². The van der Waals surface area contributed by atoms with Gasteiger partial charge in [0.1, 0.15) is 36.6 Å². The molecule has 14 heteroatoms. The van der Waals surface area contributed by atoms with Crippen LogP contribution in [-0.2, 0) is 28.5 Å². The number of aliphatic hydroxyl groups is 6.